The van der Waals surface area contributed by atoms with E-state index in [4.69, 9.17) is 18.7 Å². The molecule has 5 heterocycles. The molecular formula is C79H122N6OS3. The molecule has 0 N–H and O–H groups in total. The highest BCUT2D eigenvalue weighted by molar-refractivity contribution is 7.29. The average molecular weight is 1270 g/mol. The largest absolute Gasteiger partial charge is 0.329 e. The van der Waals surface area contributed by atoms with Gasteiger partial charge in [-0.25, -0.2) is 14.8 Å². The van der Waals surface area contributed by atoms with Crippen LogP contribution in [0, 0.1) is 11.8 Å². The van der Waals surface area contributed by atoms with Crippen molar-refractivity contribution in [1.29, 1.82) is 0 Å². The lowest BCUT2D eigenvalue weighted by molar-refractivity contribution is 0.340. The zero-order valence-electron chi connectivity index (χ0n) is 58.1. The van der Waals surface area contributed by atoms with Gasteiger partial charge in [0.25, 0.3) is 0 Å². The third kappa shape index (κ3) is 20.4. The second-order valence-corrected chi connectivity index (χ2v) is 32.4. The molecule has 10 heteroatoms. The van der Waals surface area contributed by atoms with Gasteiger partial charge in [0.1, 0.15) is 11.0 Å². The van der Waals surface area contributed by atoms with E-state index in [1.807, 2.05) is 22.7 Å². The van der Waals surface area contributed by atoms with Crippen LogP contribution < -0.4 is 5.69 Å². The number of benzene rings is 3. The Balaban J connectivity index is 1.19. The smallest absolute Gasteiger partial charge is 0.292 e. The van der Waals surface area contributed by atoms with Crippen LogP contribution in [0.4, 0.5) is 0 Å². The fourth-order valence-electron chi connectivity index (χ4n) is 14.4. The molecule has 0 fully saturated rings. The second-order valence-electron chi connectivity index (χ2n) is 29.8. The Hall–Kier alpha value is -3.73. The van der Waals surface area contributed by atoms with Crippen molar-refractivity contribution >= 4 is 98.7 Å². The van der Waals surface area contributed by atoms with Gasteiger partial charge in [0, 0.05) is 39.2 Å². The Labute approximate surface area is 552 Å². The molecule has 0 aliphatic carbocycles. The van der Waals surface area contributed by atoms with Gasteiger partial charge in [0.15, 0.2) is 0 Å². The van der Waals surface area contributed by atoms with Gasteiger partial charge in [0.05, 0.1) is 54.2 Å². The lowest BCUT2D eigenvalue weighted by Crippen LogP contribution is -2.29. The maximum atomic E-state index is 15.9. The molecule has 2 unspecified atom stereocenters. The maximum Gasteiger partial charge on any atom is 0.329 e. The molecule has 0 radical (unpaired) electrons. The third-order valence-corrected chi connectivity index (χ3v) is 23.4. The van der Waals surface area contributed by atoms with E-state index < -0.39 is 0 Å². The van der Waals surface area contributed by atoms with Gasteiger partial charge in [-0.05, 0) is 78.2 Å². The van der Waals surface area contributed by atoms with Gasteiger partial charge in [-0.2, -0.15) is 8.75 Å². The van der Waals surface area contributed by atoms with Crippen LogP contribution >= 0.6 is 34.4 Å². The Bertz CT molecular complexity index is 3410. The molecule has 3 aromatic carbocycles. The van der Waals surface area contributed by atoms with Crippen molar-refractivity contribution in [2.24, 2.45) is 11.8 Å². The molecule has 2 atom stereocenters. The first-order valence-electron chi connectivity index (χ1n) is 37.3. The molecule has 89 heavy (non-hydrogen) atoms. The first kappa shape index (κ1) is 71.1. The fraction of sp³-hybridized carbons (Fsp3) is 0.709. The minimum Gasteiger partial charge on any atom is -0.292 e. The third-order valence-electron chi connectivity index (χ3n) is 20.0. The first-order valence-corrected chi connectivity index (χ1v) is 39.6. The summed E-state index contributed by atoms with van der Waals surface area (Å²) in [5.74, 6) is 0.927. The summed E-state index contributed by atoms with van der Waals surface area (Å²) in [7, 11) is 0. The highest BCUT2D eigenvalue weighted by Crippen LogP contribution is 2.48. The molecule has 8 aromatic rings. The van der Waals surface area contributed by atoms with Gasteiger partial charge in [-0.3, -0.25) is 9.13 Å². The van der Waals surface area contributed by atoms with Crippen molar-refractivity contribution < 1.29 is 0 Å². The van der Waals surface area contributed by atoms with Crippen molar-refractivity contribution in [3.63, 3.8) is 0 Å². The zero-order valence-corrected chi connectivity index (χ0v) is 60.6. The number of thiophene rings is 2. The molecule has 0 aliphatic heterocycles. The molecule has 0 spiro atoms. The van der Waals surface area contributed by atoms with Gasteiger partial charge in [-0.1, -0.05) is 313 Å². The predicted octanol–water partition coefficient (Wildman–Crippen LogP) is 26.5. The normalized spacial score (nSPS) is 13.3. The number of hydrogen-bond acceptors (Lipinski definition) is 8. The second kappa shape index (κ2) is 36.6. The summed E-state index contributed by atoms with van der Waals surface area (Å²) in [4.78, 5) is 29.9. The lowest BCUT2D eigenvalue weighted by Gasteiger charge is -2.19. The van der Waals surface area contributed by atoms with E-state index in [9.17, 15) is 0 Å². The Morgan fingerprint density at radius 2 is 0.764 bits per heavy atom. The maximum absolute atomic E-state index is 15.9. The summed E-state index contributed by atoms with van der Waals surface area (Å²) in [6.07, 6.45) is 53.0. The SMILES string of the molecule is CCCCCCCCCCCCC(CCCCCCCCCC)Cn1c(=O)n(CC(CCCCCCCCCC)CCCCCCCCCCCC)c2cc3nc4c5cc(C(C)(C)C)sc5c5sc(-c6ccc(C(C)(C)C)c7nsnc67)cc5c4nc3cc21. The Morgan fingerprint density at radius 1 is 0.404 bits per heavy atom. The van der Waals surface area contributed by atoms with Crippen LogP contribution in [-0.2, 0) is 23.9 Å². The lowest BCUT2D eigenvalue weighted by atomic mass is 9.85. The molecule has 0 aliphatic rings. The molecule has 492 valence electrons. The number of imidazole rings is 1. The quantitative estimate of drug-likeness (QED) is 0.0281. The number of fused-ring (bicyclic) bond motifs is 9. The zero-order chi connectivity index (χ0) is 63.0. The van der Waals surface area contributed by atoms with Crippen LogP contribution in [-0.4, -0.2) is 27.8 Å². The van der Waals surface area contributed by atoms with Crippen LogP contribution in [0.3, 0.4) is 0 Å². The van der Waals surface area contributed by atoms with Crippen LogP contribution in [0.25, 0.3) is 74.7 Å². The minimum atomic E-state index is -0.0503. The van der Waals surface area contributed by atoms with Crippen molar-refractivity contribution in [1.82, 2.24) is 27.8 Å². The van der Waals surface area contributed by atoms with Gasteiger partial charge in [-0.15, -0.1) is 22.7 Å². The van der Waals surface area contributed by atoms with E-state index in [-0.39, 0.29) is 16.5 Å². The Morgan fingerprint density at radius 3 is 1.15 bits per heavy atom. The Kier molecular flexibility index (Phi) is 29.3. The summed E-state index contributed by atoms with van der Waals surface area (Å²) < 4.78 is 16.9. The van der Waals surface area contributed by atoms with Gasteiger partial charge >= 0.3 is 5.69 Å². The van der Waals surface area contributed by atoms with E-state index >= 15 is 4.79 Å². The average Bonchev–Trinajstić information content (AvgIpc) is 1.64. The molecule has 0 saturated carbocycles. The predicted molar refractivity (Wildman–Crippen MR) is 396 cm³/mol. The number of aromatic nitrogens is 6. The van der Waals surface area contributed by atoms with Gasteiger partial charge in [0.2, 0.25) is 0 Å². The van der Waals surface area contributed by atoms with Gasteiger partial charge < -0.3 is 0 Å². The number of unbranched alkanes of at least 4 members (excludes halogenated alkanes) is 32. The van der Waals surface area contributed by atoms with Crippen LogP contribution in [0.15, 0.2) is 41.2 Å². The molecule has 0 bridgehead atoms. The molecule has 0 amide bonds. The molecule has 5 aromatic heterocycles. The summed E-state index contributed by atoms with van der Waals surface area (Å²) in [5.41, 5.74) is 10.2. The fourth-order valence-corrected chi connectivity index (χ4v) is 17.5. The van der Waals surface area contributed by atoms with E-state index in [1.54, 1.807) is 0 Å². The van der Waals surface area contributed by atoms with Crippen LogP contribution in [0.5, 0.6) is 0 Å². The minimum absolute atomic E-state index is 0.0300. The van der Waals surface area contributed by atoms with Crippen molar-refractivity contribution in [2.45, 2.75) is 350 Å². The summed E-state index contributed by atoms with van der Waals surface area (Å²) >= 11 is 5.09. The summed E-state index contributed by atoms with van der Waals surface area (Å²) in [6.45, 7) is 24.6. The topological polar surface area (TPSA) is 78.5 Å². The summed E-state index contributed by atoms with van der Waals surface area (Å²) in [5, 5.41) is 2.33. The number of nitrogens with zero attached hydrogens (tertiary/aromatic N) is 6. The van der Waals surface area contributed by atoms with E-state index in [1.165, 1.54) is 299 Å². The van der Waals surface area contributed by atoms with Crippen LogP contribution in [0.1, 0.15) is 337 Å². The summed E-state index contributed by atoms with van der Waals surface area (Å²) in [6, 6.07) is 13.9. The van der Waals surface area contributed by atoms with E-state index in [0.29, 0.717) is 11.8 Å². The molecule has 8 rings (SSSR count). The van der Waals surface area contributed by atoms with E-state index in [0.717, 1.165) is 68.2 Å². The number of hydrogen-bond donors (Lipinski definition) is 0. The highest BCUT2D eigenvalue weighted by Gasteiger charge is 2.27. The standard InChI is InChI=1S/C79H122N6OS3/c1-11-15-19-23-27-31-33-37-41-45-49-59(47-43-39-35-29-25-21-17-13-3)57-84-67-55-65-66(56-68(67)85(77(84)86)58-60(48-44-40-36-30-26-22-18-14-4)50-46-42-38-34-32-28-24-20-16-12-2)81-72-63-54-70(79(8,9)10)88-76(63)75-62(71(72)80-65)53-69(87-75)61-51-52-64(78(5,6)7)74-73(61)82-89-83-74/h51-56,59-60H,11-50,57-58H2,1-10H3. The van der Waals surface area contributed by atoms with E-state index in [2.05, 4.69) is 115 Å². The monoisotopic (exact) mass is 1270 g/mol. The molecule has 0 saturated heterocycles. The highest BCUT2D eigenvalue weighted by atomic mass is 32.1. The first-order chi connectivity index (χ1) is 43.2. The van der Waals surface area contributed by atoms with Crippen molar-refractivity contribution in [2.75, 3.05) is 0 Å². The van der Waals surface area contributed by atoms with Crippen molar-refractivity contribution in [3.8, 4) is 10.4 Å². The number of rotatable bonds is 45. The molecular weight excluding hydrogens is 1150 g/mol. The molecule has 7 nitrogen and oxygen atoms in total. The van der Waals surface area contributed by atoms with Crippen molar-refractivity contribution in [3.05, 3.63) is 57.3 Å². The van der Waals surface area contributed by atoms with Crippen LogP contribution in [0.2, 0.25) is 0 Å².